The minimum Gasteiger partial charge on any atom is -0.338 e. The summed E-state index contributed by atoms with van der Waals surface area (Å²) in [5.41, 5.74) is 0.0203. The lowest BCUT2D eigenvalue weighted by molar-refractivity contribution is -0.139. The molecule has 4 heteroatoms. The Morgan fingerprint density at radius 2 is 1.08 bits per heavy atom. The summed E-state index contributed by atoms with van der Waals surface area (Å²) in [4.78, 5) is 16.2. The van der Waals surface area contributed by atoms with Crippen molar-refractivity contribution in [3.8, 4) is 0 Å². The van der Waals surface area contributed by atoms with Crippen LogP contribution in [-0.2, 0) is 4.79 Å². The first-order chi connectivity index (χ1) is 18.4. The second kappa shape index (κ2) is 11.9. The van der Waals surface area contributed by atoms with Crippen molar-refractivity contribution in [3.05, 3.63) is 121 Å². The molecule has 0 saturated carbocycles. The Balaban J connectivity index is 1.53. The monoisotopic (exact) mass is 537 g/mol. The van der Waals surface area contributed by atoms with E-state index in [1.807, 2.05) is 0 Å². The molecule has 0 bridgehead atoms. The highest BCUT2D eigenvalue weighted by atomic mass is 31.1. The van der Waals surface area contributed by atoms with Crippen molar-refractivity contribution in [2.24, 2.45) is 5.41 Å². The fourth-order valence-electron chi connectivity index (χ4n) is 5.47. The van der Waals surface area contributed by atoms with Crippen LogP contribution in [0.4, 0.5) is 0 Å². The topological polar surface area (TPSA) is 20.3 Å². The van der Waals surface area contributed by atoms with Gasteiger partial charge in [-0.15, -0.1) is 0 Å². The number of benzene rings is 4. The molecule has 0 N–H and O–H groups in total. The zero-order valence-electron chi connectivity index (χ0n) is 22.6. The summed E-state index contributed by atoms with van der Waals surface area (Å²) in [5.74, 6) is 0.275. The number of likely N-dealkylation sites (tertiary alicyclic amines) is 1. The van der Waals surface area contributed by atoms with Gasteiger partial charge in [-0.3, -0.25) is 4.79 Å². The molecule has 1 aliphatic rings. The van der Waals surface area contributed by atoms with Crippen LogP contribution >= 0.6 is 15.8 Å². The molecule has 0 aliphatic carbocycles. The van der Waals surface area contributed by atoms with E-state index in [-0.39, 0.29) is 11.9 Å². The SMILES string of the molecule is CC(C)(C)C(=O)N1C[C@@H](P(c2ccccc2)c2ccccc2)C[C@H]1CP(c1ccccc1)c1ccccc1. The Morgan fingerprint density at radius 3 is 1.47 bits per heavy atom. The molecule has 4 aromatic rings. The molecule has 5 rings (SSSR count). The maximum absolute atomic E-state index is 13.9. The van der Waals surface area contributed by atoms with Crippen LogP contribution in [0.25, 0.3) is 0 Å². The fraction of sp³-hybridized carbons (Fsp3) is 0.265. The van der Waals surface area contributed by atoms with Gasteiger partial charge in [0.2, 0.25) is 5.91 Å². The second-order valence-corrected chi connectivity index (χ2v) is 15.8. The quantitative estimate of drug-likeness (QED) is 0.255. The second-order valence-electron chi connectivity index (χ2n) is 11.1. The summed E-state index contributed by atoms with van der Waals surface area (Å²) in [6.07, 6.45) is 2.03. The van der Waals surface area contributed by atoms with Gasteiger partial charge in [0.15, 0.2) is 0 Å². The zero-order chi connectivity index (χ0) is 26.5. The number of hydrogen-bond donors (Lipinski definition) is 0. The molecule has 2 atom stereocenters. The molecular formula is C34H37NOP2. The molecule has 38 heavy (non-hydrogen) atoms. The van der Waals surface area contributed by atoms with E-state index in [0.29, 0.717) is 5.66 Å². The predicted octanol–water partition coefficient (Wildman–Crippen LogP) is 6.27. The number of nitrogens with zero attached hydrogens (tertiary/aromatic N) is 1. The molecule has 0 radical (unpaired) electrons. The first-order valence-corrected chi connectivity index (χ1v) is 16.4. The average molecular weight is 538 g/mol. The maximum atomic E-state index is 13.9. The third kappa shape index (κ3) is 6.09. The van der Waals surface area contributed by atoms with E-state index < -0.39 is 21.3 Å². The van der Waals surface area contributed by atoms with E-state index in [2.05, 4.69) is 147 Å². The third-order valence-corrected chi connectivity index (χ3v) is 12.7. The largest absolute Gasteiger partial charge is 0.338 e. The number of hydrogen-bond acceptors (Lipinski definition) is 1. The van der Waals surface area contributed by atoms with E-state index in [1.165, 1.54) is 21.2 Å². The Bertz CT molecular complexity index is 1230. The van der Waals surface area contributed by atoms with Crippen molar-refractivity contribution in [3.63, 3.8) is 0 Å². The normalized spacial score (nSPS) is 17.8. The average Bonchev–Trinajstić information content (AvgIpc) is 3.36. The van der Waals surface area contributed by atoms with Crippen LogP contribution in [0.1, 0.15) is 27.2 Å². The predicted molar refractivity (Wildman–Crippen MR) is 166 cm³/mol. The van der Waals surface area contributed by atoms with Gasteiger partial charge in [-0.05, 0) is 49.6 Å². The van der Waals surface area contributed by atoms with Crippen LogP contribution in [0.5, 0.6) is 0 Å². The van der Waals surface area contributed by atoms with Gasteiger partial charge in [0.05, 0.1) is 0 Å². The van der Waals surface area contributed by atoms with Crippen LogP contribution in [0.3, 0.4) is 0 Å². The van der Waals surface area contributed by atoms with Gasteiger partial charge in [0.25, 0.3) is 0 Å². The number of carbonyl (C=O) groups is 1. The van der Waals surface area contributed by atoms with Crippen molar-refractivity contribution in [1.82, 2.24) is 4.90 Å². The first kappa shape index (κ1) is 26.8. The first-order valence-electron chi connectivity index (χ1n) is 13.5. The van der Waals surface area contributed by atoms with E-state index in [1.54, 1.807) is 0 Å². The van der Waals surface area contributed by atoms with Crippen molar-refractivity contribution >= 4 is 43.0 Å². The van der Waals surface area contributed by atoms with Crippen LogP contribution < -0.4 is 21.2 Å². The van der Waals surface area contributed by atoms with Crippen molar-refractivity contribution in [2.45, 2.75) is 38.9 Å². The summed E-state index contributed by atoms with van der Waals surface area (Å²) >= 11 is 0. The summed E-state index contributed by atoms with van der Waals surface area (Å²) in [5, 5.41) is 5.56. The van der Waals surface area contributed by atoms with Gasteiger partial charge in [-0.2, -0.15) is 0 Å². The summed E-state index contributed by atoms with van der Waals surface area (Å²) in [7, 11) is -1.17. The van der Waals surface area contributed by atoms with Crippen LogP contribution in [0, 0.1) is 5.41 Å². The van der Waals surface area contributed by atoms with E-state index in [9.17, 15) is 4.79 Å². The van der Waals surface area contributed by atoms with Gasteiger partial charge < -0.3 is 4.90 Å². The minimum atomic E-state index is -0.586. The number of amides is 1. The molecule has 1 saturated heterocycles. The van der Waals surface area contributed by atoms with Gasteiger partial charge in [0, 0.05) is 23.7 Å². The summed E-state index contributed by atoms with van der Waals surface area (Å²) in [6, 6.07) is 44.0. The molecule has 2 nitrogen and oxygen atoms in total. The Morgan fingerprint density at radius 1 is 0.684 bits per heavy atom. The van der Waals surface area contributed by atoms with Crippen LogP contribution in [-0.4, -0.2) is 35.2 Å². The van der Waals surface area contributed by atoms with Crippen LogP contribution in [0.2, 0.25) is 0 Å². The van der Waals surface area contributed by atoms with Gasteiger partial charge >= 0.3 is 0 Å². The summed E-state index contributed by atoms with van der Waals surface area (Å²) in [6.45, 7) is 7.01. The molecule has 194 valence electrons. The van der Waals surface area contributed by atoms with Crippen molar-refractivity contribution in [1.29, 1.82) is 0 Å². The Kier molecular flexibility index (Phi) is 8.42. The molecule has 4 aromatic carbocycles. The molecule has 0 spiro atoms. The molecule has 0 unspecified atom stereocenters. The lowest BCUT2D eigenvalue weighted by Gasteiger charge is -2.33. The molecule has 1 aliphatic heterocycles. The van der Waals surface area contributed by atoms with E-state index >= 15 is 0 Å². The standard InChI is InChI=1S/C34H37NOP2/c1-34(2,3)33(36)35-25-32(38(30-20-12-6-13-21-30)31-22-14-7-15-23-31)24-27(35)26-37(28-16-8-4-9-17-28)29-18-10-5-11-19-29/h4-23,27,32H,24-26H2,1-3H3/t27-,32-/m0/s1. The van der Waals surface area contributed by atoms with E-state index in [4.69, 9.17) is 0 Å². The van der Waals surface area contributed by atoms with Crippen molar-refractivity contribution in [2.75, 3.05) is 12.7 Å². The van der Waals surface area contributed by atoms with Crippen LogP contribution in [0.15, 0.2) is 121 Å². The smallest absolute Gasteiger partial charge is 0.228 e. The van der Waals surface area contributed by atoms with Gasteiger partial charge in [-0.1, -0.05) is 142 Å². The minimum absolute atomic E-state index is 0.218. The fourth-order valence-corrected chi connectivity index (χ4v) is 10.9. The Labute approximate surface area is 230 Å². The molecule has 0 aromatic heterocycles. The highest BCUT2D eigenvalue weighted by Crippen LogP contribution is 2.48. The number of carbonyl (C=O) groups excluding carboxylic acids is 1. The third-order valence-electron chi connectivity index (χ3n) is 7.26. The molecular weight excluding hydrogens is 500 g/mol. The highest BCUT2D eigenvalue weighted by molar-refractivity contribution is 7.74. The molecule has 1 fully saturated rings. The zero-order valence-corrected chi connectivity index (χ0v) is 24.4. The molecule has 1 amide bonds. The van der Waals surface area contributed by atoms with Gasteiger partial charge in [0.1, 0.15) is 0 Å². The lowest BCUT2D eigenvalue weighted by Crippen LogP contribution is -2.44. The number of rotatable bonds is 7. The maximum Gasteiger partial charge on any atom is 0.228 e. The van der Waals surface area contributed by atoms with Crippen molar-refractivity contribution < 1.29 is 4.79 Å². The lowest BCUT2D eigenvalue weighted by atomic mass is 9.94. The summed E-state index contributed by atoms with van der Waals surface area (Å²) < 4.78 is 0. The van der Waals surface area contributed by atoms with Gasteiger partial charge in [-0.25, -0.2) is 0 Å². The van der Waals surface area contributed by atoms with E-state index in [0.717, 1.165) is 19.1 Å². The Hall–Kier alpha value is -2.79. The highest BCUT2D eigenvalue weighted by Gasteiger charge is 2.43. The molecule has 1 heterocycles.